The Hall–Kier alpha value is -1.63. The Morgan fingerprint density at radius 1 is 0.895 bits per heavy atom. The van der Waals surface area contributed by atoms with Gasteiger partial charge in [0.15, 0.2) is 0 Å². The molecule has 2 aliphatic heterocycles. The van der Waals surface area contributed by atoms with Gasteiger partial charge in [-0.2, -0.15) is 8.42 Å². The van der Waals surface area contributed by atoms with Crippen molar-refractivity contribution < 1.29 is 8.42 Å². The van der Waals surface area contributed by atoms with E-state index in [4.69, 9.17) is 0 Å². The number of aliphatic imine (C=N–C) groups is 2. The molecule has 0 amide bonds. The van der Waals surface area contributed by atoms with Gasteiger partial charge in [-0.25, -0.2) is 8.61 Å². The molecule has 0 aromatic rings. The lowest BCUT2D eigenvalue weighted by Gasteiger charge is -2.34. The smallest absolute Gasteiger partial charge is 0.267 e. The Kier molecular flexibility index (Phi) is 3.49. The molecule has 0 bridgehead atoms. The van der Waals surface area contributed by atoms with E-state index in [0.717, 1.165) is 11.4 Å². The molecule has 2 heterocycles. The molecule has 0 N–H and O–H groups in total. The van der Waals surface area contributed by atoms with Gasteiger partial charge in [-0.3, -0.25) is 9.98 Å². The van der Waals surface area contributed by atoms with Crippen LogP contribution in [0.15, 0.2) is 33.5 Å². The van der Waals surface area contributed by atoms with Crippen LogP contribution in [0.1, 0.15) is 27.7 Å². The molecule has 0 saturated heterocycles. The molecular formula is C12H18N4O2S. The lowest BCUT2D eigenvalue weighted by molar-refractivity contribution is 0.407. The van der Waals surface area contributed by atoms with Gasteiger partial charge in [0.05, 0.1) is 0 Å². The molecule has 0 saturated carbocycles. The second kappa shape index (κ2) is 4.80. The predicted molar refractivity (Wildman–Crippen MR) is 76.1 cm³/mol. The lowest BCUT2D eigenvalue weighted by Crippen LogP contribution is -2.44. The van der Waals surface area contributed by atoms with Crippen LogP contribution in [0.3, 0.4) is 0 Å². The van der Waals surface area contributed by atoms with E-state index >= 15 is 0 Å². The van der Waals surface area contributed by atoms with E-state index < -0.39 is 10.2 Å². The average molecular weight is 282 g/mol. The summed E-state index contributed by atoms with van der Waals surface area (Å²) in [6.07, 6.45) is 3.52. The molecule has 0 atom stereocenters. The van der Waals surface area contributed by atoms with Gasteiger partial charge < -0.3 is 0 Å². The quantitative estimate of drug-likeness (QED) is 0.770. The molecule has 0 radical (unpaired) electrons. The van der Waals surface area contributed by atoms with E-state index in [9.17, 15) is 8.42 Å². The van der Waals surface area contributed by atoms with Gasteiger partial charge in [0.2, 0.25) is 0 Å². The zero-order valence-corrected chi connectivity index (χ0v) is 12.4. The second-order valence-electron chi connectivity index (χ2n) is 4.66. The van der Waals surface area contributed by atoms with Gasteiger partial charge in [0.1, 0.15) is 13.3 Å². The molecule has 2 aliphatic rings. The highest BCUT2D eigenvalue weighted by molar-refractivity contribution is 7.87. The minimum absolute atomic E-state index is 0.128. The Morgan fingerprint density at radius 2 is 1.26 bits per heavy atom. The van der Waals surface area contributed by atoms with Crippen molar-refractivity contribution in [3.8, 4) is 0 Å². The Morgan fingerprint density at radius 3 is 1.58 bits per heavy atom. The molecule has 0 aromatic heterocycles. The number of nitrogens with zero attached hydrogens (tertiary/aromatic N) is 4. The SMILES string of the molecule is CC1=CC(C)=NCN1S(=O)(=O)N1CN=C(C)C=C1C. The maximum atomic E-state index is 12.6. The lowest BCUT2D eigenvalue weighted by atomic mass is 10.3. The van der Waals surface area contributed by atoms with Crippen molar-refractivity contribution in [2.45, 2.75) is 27.7 Å². The molecule has 0 aliphatic carbocycles. The number of rotatable bonds is 2. The summed E-state index contributed by atoms with van der Waals surface area (Å²) in [6.45, 7) is 7.51. The van der Waals surface area contributed by atoms with Gasteiger partial charge in [-0.1, -0.05) is 0 Å². The first-order chi connectivity index (χ1) is 8.82. The fourth-order valence-corrected chi connectivity index (χ4v) is 3.52. The number of hydrogen-bond acceptors (Lipinski definition) is 4. The third-order valence-corrected chi connectivity index (χ3v) is 5.00. The first kappa shape index (κ1) is 13.8. The standard InChI is InChI=1S/C12H18N4O2S/c1-9-5-11(3)15(7-13-9)19(17,18)16-8-14-10(2)6-12(16)4/h5-6H,7-8H2,1-4H3. The highest BCUT2D eigenvalue weighted by Gasteiger charge is 2.32. The Balaban J connectivity index is 2.31. The summed E-state index contributed by atoms with van der Waals surface area (Å²) >= 11 is 0. The molecule has 19 heavy (non-hydrogen) atoms. The zero-order chi connectivity index (χ0) is 14.2. The fourth-order valence-electron chi connectivity index (χ4n) is 2.04. The van der Waals surface area contributed by atoms with E-state index in [1.54, 1.807) is 26.0 Å². The summed E-state index contributed by atoms with van der Waals surface area (Å²) in [6, 6.07) is 0. The van der Waals surface area contributed by atoms with E-state index in [2.05, 4.69) is 9.98 Å². The van der Waals surface area contributed by atoms with Crippen LogP contribution in [-0.4, -0.2) is 41.8 Å². The minimum Gasteiger partial charge on any atom is -0.267 e. The average Bonchev–Trinajstić information content (AvgIpc) is 2.27. The summed E-state index contributed by atoms with van der Waals surface area (Å²) in [5, 5.41) is 0. The molecule has 0 unspecified atom stereocenters. The van der Waals surface area contributed by atoms with Crippen molar-refractivity contribution in [1.82, 2.24) is 8.61 Å². The van der Waals surface area contributed by atoms with Gasteiger partial charge >= 0.3 is 10.2 Å². The van der Waals surface area contributed by atoms with Crippen LogP contribution in [0.2, 0.25) is 0 Å². The highest BCUT2D eigenvalue weighted by Crippen LogP contribution is 2.23. The van der Waals surface area contributed by atoms with Crippen LogP contribution in [0.4, 0.5) is 0 Å². The van der Waals surface area contributed by atoms with Crippen LogP contribution in [-0.2, 0) is 10.2 Å². The Labute approximate surface area is 114 Å². The maximum absolute atomic E-state index is 12.6. The summed E-state index contributed by atoms with van der Waals surface area (Å²) in [7, 11) is -3.61. The largest absolute Gasteiger partial charge is 0.329 e. The summed E-state index contributed by atoms with van der Waals surface area (Å²) in [4.78, 5) is 8.34. The van der Waals surface area contributed by atoms with E-state index in [0.29, 0.717) is 11.4 Å². The van der Waals surface area contributed by atoms with Gasteiger partial charge in [0, 0.05) is 22.8 Å². The van der Waals surface area contributed by atoms with Crippen molar-refractivity contribution in [2.24, 2.45) is 9.98 Å². The topological polar surface area (TPSA) is 65.3 Å². The summed E-state index contributed by atoms with van der Waals surface area (Å²) in [5.74, 6) is 0. The maximum Gasteiger partial charge on any atom is 0.329 e. The number of hydrogen-bond donors (Lipinski definition) is 0. The molecule has 104 valence electrons. The van der Waals surface area contributed by atoms with E-state index in [-0.39, 0.29) is 13.3 Å². The summed E-state index contributed by atoms with van der Waals surface area (Å²) in [5.41, 5.74) is 3.02. The van der Waals surface area contributed by atoms with Crippen molar-refractivity contribution in [1.29, 1.82) is 0 Å². The monoisotopic (exact) mass is 282 g/mol. The van der Waals surface area contributed by atoms with Gasteiger partial charge in [0.25, 0.3) is 0 Å². The molecule has 0 spiro atoms. The molecule has 0 fully saturated rings. The first-order valence-electron chi connectivity index (χ1n) is 6.01. The van der Waals surface area contributed by atoms with Crippen LogP contribution in [0, 0.1) is 0 Å². The highest BCUT2D eigenvalue weighted by atomic mass is 32.2. The summed E-state index contributed by atoms with van der Waals surface area (Å²) < 4.78 is 27.8. The first-order valence-corrected chi connectivity index (χ1v) is 7.41. The van der Waals surface area contributed by atoms with Gasteiger partial charge in [-0.15, -0.1) is 0 Å². The minimum atomic E-state index is -3.61. The molecular weight excluding hydrogens is 264 g/mol. The van der Waals surface area contributed by atoms with Gasteiger partial charge in [-0.05, 0) is 39.8 Å². The van der Waals surface area contributed by atoms with Crippen LogP contribution in [0.25, 0.3) is 0 Å². The van der Waals surface area contributed by atoms with E-state index in [1.807, 2.05) is 13.8 Å². The molecule has 6 nitrogen and oxygen atoms in total. The molecule has 7 heteroatoms. The number of allylic oxidation sites excluding steroid dienone is 4. The normalized spacial score (nSPS) is 20.6. The predicted octanol–water partition coefficient (Wildman–Crippen LogP) is 1.51. The van der Waals surface area contributed by atoms with E-state index in [1.165, 1.54) is 8.61 Å². The fraction of sp³-hybridized carbons (Fsp3) is 0.500. The molecule has 2 rings (SSSR count). The zero-order valence-electron chi connectivity index (χ0n) is 11.6. The molecule has 0 aromatic carbocycles. The van der Waals surface area contributed by atoms with Crippen molar-refractivity contribution >= 4 is 21.6 Å². The van der Waals surface area contributed by atoms with Crippen molar-refractivity contribution in [3.05, 3.63) is 23.5 Å². The Bertz CT molecular complexity index is 566. The van der Waals surface area contributed by atoms with Crippen LogP contribution < -0.4 is 0 Å². The third kappa shape index (κ3) is 2.56. The van der Waals surface area contributed by atoms with Crippen molar-refractivity contribution in [2.75, 3.05) is 13.3 Å². The third-order valence-electron chi connectivity index (χ3n) is 3.08. The second-order valence-corrected chi connectivity index (χ2v) is 6.44. The van der Waals surface area contributed by atoms with Crippen LogP contribution >= 0.6 is 0 Å². The van der Waals surface area contributed by atoms with Crippen LogP contribution in [0.5, 0.6) is 0 Å². The van der Waals surface area contributed by atoms with Crippen molar-refractivity contribution in [3.63, 3.8) is 0 Å².